The SMILES string of the molecule is Cc1c(C(F)(F)F)[nH]c2nc(=S)n(C)cc2c1=O. The Hall–Kier alpha value is -1.70. The summed E-state index contributed by atoms with van der Waals surface area (Å²) in [5.74, 6) is 0. The Balaban J connectivity index is 2.98. The number of aryl methyl sites for hydroxylation is 1. The third kappa shape index (κ3) is 1.92. The van der Waals surface area contributed by atoms with Gasteiger partial charge in [-0.3, -0.25) is 4.79 Å². The first kappa shape index (κ1) is 12.7. The van der Waals surface area contributed by atoms with Crippen molar-refractivity contribution in [2.24, 2.45) is 7.05 Å². The number of nitrogens with zero attached hydrogens (tertiary/aromatic N) is 2. The largest absolute Gasteiger partial charge is 0.431 e. The number of pyridine rings is 1. The van der Waals surface area contributed by atoms with Crippen LogP contribution < -0.4 is 5.43 Å². The van der Waals surface area contributed by atoms with Gasteiger partial charge < -0.3 is 9.55 Å². The van der Waals surface area contributed by atoms with E-state index in [2.05, 4.69) is 9.97 Å². The van der Waals surface area contributed by atoms with E-state index in [4.69, 9.17) is 12.2 Å². The molecule has 2 heterocycles. The highest BCUT2D eigenvalue weighted by Gasteiger charge is 2.35. The average molecular weight is 275 g/mol. The first-order valence-electron chi connectivity index (χ1n) is 4.89. The van der Waals surface area contributed by atoms with E-state index < -0.39 is 17.3 Å². The second kappa shape index (κ2) is 3.91. The third-order valence-electron chi connectivity index (χ3n) is 2.57. The van der Waals surface area contributed by atoms with Gasteiger partial charge in [-0.05, 0) is 19.1 Å². The summed E-state index contributed by atoms with van der Waals surface area (Å²) in [6, 6.07) is 0. The van der Waals surface area contributed by atoms with E-state index in [1.54, 1.807) is 7.05 Å². The minimum absolute atomic E-state index is 0.0802. The minimum atomic E-state index is -4.63. The van der Waals surface area contributed by atoms with Gasteiger partial charge in [0.05, 0.1) is 5.39 Å². The average Bonchev–Trinajstić information content (AvgIpc) is 2.25. The van der Waals surface area contributed by atoms with Gasteiger partial charge in [-0.25, -0.2) is 4.98 Å². The van der Waals surface area contributed by atoms with Crippen molar-refractivity contribution in [2.45, 2.75) is 13.1 Å². The fourth-order valence-corrected chi connectivity index (χ4v) is 1.76. The molecule has 18 heavy (non-hydrogen) atoms. The molecular formula is C10H8F3N3OS. The summed E-state index contributed by atoms with van der Waals surface area (Å²) < 4.78 is 39.6. The van der Waals surface area contributed by atoms with Crippen molar-refractivity contribution < 1.29 is 13.2 Å². The van der Waals surface area contributed by atoms with E-state index in [9.17, 15) is 18.0 Å². The highest BCUT2D eigenvalue weighted by atomic mass is 32.1. The number of alkyl halides is 3. The molecule has 0 atom stereocenters. The van der Waals surface area contributed by atoms with Gasteiger partial charge in [-0.2, -0.15) is 13.2 Å². The molecule has 0 aliphatic rings. The van der Waals surface area contributed by atoms with Gasteiger partial charge in [-0.15, -0.1) is 0 Å². The number of hydrogen-bond donors (Lipinski definition) is 1. The monoisotopic (exact) mass is 275 g/mol. The molecule has 0 spiro atoms. The molecule has 0 amide bonds. The predicted molar refractivity (Wildman–Crippen MR) is 61.9 cm³/mol. The topological polar surface area (TPSA) is 50.7 Å². The van der Waals surface area contributed by atoms with Crippen LogP contribution in [0.3, 0.4) is 0 Å². The van der Waals surface area contributed by atoms with E-state index in [0.29, 0.717) is 0 Å². The maximum Gasteiger partial charge on any atom is 0.431 e. The number of aromatic amines is 1. The number of rotatable bonds is 0. The fraction of sp³-hybridized carbons (Fsp3) is 0.300. The summed E-state index contributed by atoms with van der Waals surface area (Å²) in [5.41, 5.74) is -2.32. The molecular weight excluding hydrogens is 267 g/mol. The Kier molecular flexibility index (Phi) is 2.77. The lowest BCUT2D eigenvalue weighted by Gasteiger charge is -2.11. The first-order chi connectivity index (χ1) is 8.21. The summed E-state index contributed by atoms with van der Waals surface area (Å²) in [7, 11) is 1.57. The van der Waals surface area contributed by atoms with Gasteiger partial charge in [0.25, 0.3) is 0 Å². The Morgan fingerprint density at radius 3 is 2.61 bits per heavy atom. The molecule has 0 aliphatic heterocycles. The molecule has 0 unspecified atom stereocenters. The van der Waals surface area contributed by atoms with Crippen LogP contribution in [0.4, 0.5) is 13.2 Å². The highest BCUT2D eigenvalue weighted by molar-refractivity contribution is 7.71. The predicted octanol–water partition coefficient (Wildman–Crippen LogP) is 2.32. The Morgan fingerprint density at radius 2 is 2.06 bits per heavy atom. The van der Waals surface area contributed by atoms with Crippen LogP contribution >= 0.6 is 12.2 Å². The highest BCUT2D eigenvalue weighted by Crippen LogP contribution is 2.29. The lowest BCUT2D eigenvalue weighted by Crippen LogP contribution is -2.20. The maximum absolute atomic E-state index is 12.7. The van der Waals surface area contributed by atoms with Gasteiger partial charge in [0.2, 0.25) is 4.77 Å². The van der Waals surface area contributed by atoms with Crippen LogP contribution in [-0.4, -0.2) is 14.5 Å². The molecule has 0 saturated heterocycles. The number of nitrogens with one attached hydrogen (secondary N) is 1. The van der Waals surface area contributed by atoms with Crippen LogP contribution in [0.5, 0.6) is 0 Å². The third-order valence-corrected chi connectivity index (χ3v) is 2.95. The first-order valence-corrected chi connectivity index (χ1v) is 5.30. The smallest absolute Gasteiger partial charge is 0.335 e. The summed E-state index contributed by atoms with van der Waals surface area (Å²) in [5, 5.41) is 0.0802. The van der Waals surface area contributed by atoms with Crippen molar-refractivity contribution in [3.8, 4) is 0 Å². The van der Waals surface area contributed by atoms with Crippen molar-refractivity contribution in [2.75, 3.05) is 0 Å². The zero-order valence-electron chi connectivity index (χ0n) is 9.42. The summed E-state index contributed by atoms with van der Waals surface area (Å²) in [4.78, 5) is 17.8. The van der Waals surface area contributed by atoms with Gasteiger partial charge in [0, 0.05) is 18.8 Å². The van der Waals surface area contributed by atoms with Crippen LogP contribution in [0.15, 0.2) is 11.0 Å². The number of fused-ring (bicyclic) bond motifs is 1. The second-order valence-corrected chi connectivity index (χ2v) is 4.21. The Bertz CT molecular complexity index is 745. The zero-order chi connectivity index (χ0) is 13.7. The van der Waals surface area contributed by atoms with Gasteiger partial charge in [0.15, 0.2) is 5.43 Å². The van der Waals surface area contributed by atoms with Crippen LogP contribution in [0.1, 0.15) is 11.3 Å². The molecule has 0 radical (unpaired) electrons. The van der Waals surface area contributed by atoms with Crippen molar-refractivity contribution in [1.82, 2.24) is 14.5 Å². The van der Waals surface area contributed by atoms with E-state index in [-0.39, 0.29) is 21.4 Å². The second-order valence-electron chi connectivity index (χ2n) is 3.85. The summed E-state index contributed by atoms with van der Waals surface area (Å²) in [6.45, 7) is 1.13. The normalized spacial score (nSPS) is 12.1. The molecule has 8 heteroatoms. The van der Waals surface area contributed by atoms with Crippen LogP contribution in [0.2, 0.25) is 0 Å². The van der Waals surface area contributed by atoms with Gasteiger partial charge in [-0.1, -0.05) is 0 Å². The van der Waals surface area contributed by atoms with Crippen LogP contribution in [-0.2, 0) is 13.2 Å². The Labute approximate surface area is 104 Å². The quantitative estimate of drug-likeness (QED) is 0.751. The molecule has 2 aromatic rings. The Morgan fingerprint density at radius 1 is 1.44 bits per heavy atom. The lowest BCUT2D eigenvalue weighted by atomic mass is 10.1. The van der Waals surface area contributed by atoms with Gasteiger partial charge >= 0.3 is 6.18 Å². The van der Waals surface area contributed by atoms with E-state index >= 15 is 0 Å². The lowest BCUT2D eigenvalue weighted by molar-refractivity contribution is -0.141. The van der Waals surface area contributed by atoms with Crippen molar-refractivity contribution in [1.29, 1.82) is 0 Å². The molecule has 4 nitrogen and oxygen atoms in total. The summed E-state index contributed by atoms with van der Waals surface area (Å²) >= 11 is 4.84. The van der Waals surface area contributed by atoms with Crippen LogP contribution in [0, 0.1) is 11.7 Å². The van der Waals surface area contributed by atoms with E-state index in [1.807, 2.05) is 0 Å². The molecule has 1 N–H and O–H groups in total. The van der Waals surface area contributed by atoms with Crippen molar-refractivity contribution in [3.63, 3.8) is 0 Å². The minimum Gasteiger partial charge on any atom is -0.335 e. The molecule has 0 aromatic carbocycles. The van der Waals surface area contributed by atoms with Gasteiger partial charge in [0.1, 0.15) is 11.3 Å². The molecule has 0 aliphatic carbocycles. The van der Waals surface area contributed by atoms with Crippen LogP contribution in [0.25, 0.3) is 11.0 Å². The zero-order valence-corrected chi connectivity index (χ0v) is 10.2. The number of halogens is 3. The molecule has 2 rings (SSSR count). The van der Waals surface area contributed by atoms with Crippen molar-refractivity contribution >= 4 is 23.3 Å². The molecule has 0 bridgehead atoms. The maximum atomic E-state index is 12.7. The molecule has 96 valence electrons. The molecule has 0 saturated carbocycles. The molecule has 2 aromatic heterocycles. The fourth-order valence-electron chi connectivity index (χ4n) is 1.62. The molecule has 0 fully saturated rings. The van der Waals surface area contributed by atoms with Crippen molar-refractivity contribution in [3.05, 3.63) is 32.4 Å². The van der Waals surface area contributed by atoms with E-state index in [0.717, 1.165) is 6.92 Å². The number of hydrogen-bond acceptors (Lipinski definition) is 3. The van der Waals surface area contributed by atoms with E-state index in [1.165, 1.54) is 10.8 Å². The standard InChI is InChI=1S/C10H8F3N3OS/c1-4-6(17)5-3-16(2)9(18)15-8(5)14-7(4)10(11,12)13/h3H,1-2H3,(H,14,15,18). The number of H-pyrrole nitrogens is 1. The number of aromatic nitrogens is 3. The summed E-state index contributed by atoms with van der Waals surface area (Å²) in [6.07, 6.45) is -3.25.